The summed E-state index contributed by atoms with van der Waals surface area (Å²) < 4.78 is 10.9. The van der Waals surface area contributed by atoms with Crippen molar-refractivity contribution in [1.82, 2.24) is 9.97 Å². The second-order valence-electron chi connectivity index (χ2n) is 6.43. The molecular weight excluding hydrogens is 436 g/mol. The SMILES string of the molecule is CCOC(=O)Cc1cnc(C#Cc2cc3c(cc2SC)OCCC3(SC)SC)cn1. The lowest BCUT2D eigenvalue weighted by atomic mass is 10.0. The van der Waals surface area contributed by atoms with Gasteiger partial charge in [-0.05, 0) is 43.7 Å². The second-order valence-corrected chi connectivity index (χ2v) is 9.75. The van der Waals surface area contributed by atoms with Gasteiger partial charge in [0.2, 0.25) is 0 Å². The number of carbonyl (C=O) groups excluding carboxylic acids is 1. The monoisotopic (exact) mass is 460 g/mol. The van der Waals surface area contributed by atoms with E-state index in [1.807, 2.05) is 29.8 Å². The van der Waals surface area contributed by atoms with Crippen molar-refractivity contribution in [1.29, 1.82) is 0 Å². The van der Waals surface area contributed by atoms with Crippen LogP contribution in [0.1, 0.15) is 35.9 Å². The number of esters is 1. The van der Waals surface area contributed by atoms with Gasteiger partial charge >= 0.3 is 5.97 Å². The number of thioether (sulfide) groups is 3. The molecule has 2 heterocycles. The van der Waals surface area contributed by atoms with Crippen LogP contribution in [0.5, 0.6) is 5.75 Å². The number of rotatable bonds is 6. The standard InChI is InChI=1S/C22H24N2O3S3/c1-5-26-21(25)11-17-14-23-16(13-24-17)7-6-15-10-18-19(12-20(15)28-2)27-9-8-22(18,29-3)30-4/h10,12-14H,5,8-9,11H2,1-4H3. The van der Waals surface area contributed by atoms with Gasteiger partial charge < -0.3 is 9.47 Å². The molecule has 3 rings (SSSR count). The first kappa shape index (κ1) is 22.9. The Hall–Kier alpha value is -1.82. The summed E-state index contributed by atoms with van der Waals surface area (Å²) in [5, 5.41) is 0. The number of fused-ring (bicyclic) bond motifs is 1. The third kappa shape index (κ3) is 5.08. The van der Waals surface area contributed by atoms with E-state index in [4.69, 9.17) is 9.47 Å². The molecule has 0 saturated heterocycles. The van der Waals surface area contributed by atoms with Gasteiger partial charge in [0.25, 0.3) is 0 Å². The van der Waals surface area contributed by atoms with Crippen LogP contribution in [0.2, 0.25) is 0 Å². The van der Waals surface area contributed by atoms with Crippen molar-refractivity contribution in [2.75, 3.05) is 32.0 Å². The van der Waals surface area contributed by atoms with Crippen molar-refractivity contribution in [3.63, 3.8) is 0 Å². The summed E-state index contributed by atoms with van der Waals surface area (Å²) in [5.41, 5.74) is 3.27. The zero-order chi connectivity index (χ0) is 21.6. The highest BCUT2D eigenvalue weighted by molar-refractivity contribution is 8.16. The molecule has 0 N–H and O–H groups in total. The maximum Gasteiger partial charge on any atom is 0.311 e. The molecule has 1 aromatic heterocycles. The minimum atomic E-state index is -0.308. The van der Waals surface area contributed by atoms with E-state index in [0.29, 0.717) is 18.0 Å². The maximum absolute atomic E-state index is 11.6. The second kappa shape index (κ2) is 10.5. The lowest BCUT2D eigenvalue weighted by Crippen LogP contribution is -2.26. The lowest BCUT2D eigenvalue weighted by Gasteiger charge is -2.36. The van der Waals surface area contributed by atoms with E-state index in [0.717, 1.165) is 29.2 Å². The van der Waals surface area contributed by atoms with Gasteiger partial charge in [-0.2, -0.15) is 0 Å². The van der Waals surface area contributed by atoms with Crippen LogP contribution < -0.4 is 4.74 Å². The molecule has 0 aliphatic carbocycles. The zero-order valence-corrected chi connectivity index (χ0v) is 19.9. The highest BCUT2D eigenvalue weighted by Gasteiger charge is 2.37. The number of hydrogen-bond acceptors (Lipinski definition) is 8. The number of carbonyl (C=O) groups is 1. The number of aromatic nitrogens is 2. The first-order valence-corrected chi connectivity index (χ1v) is 13.2. The van der Waals surface area contributed by atoms with Gasteiger partial charge in [-0.25, -0.2) is 4.98 Å². The fourth-order valence-corrected chi connectivity index (χ4v) is 5.74. The maximum atomic E-state index is 11.6. The molecule has 2 aromatic rings. The summed E-state index contributed by atoms with van der Waals surface area (Å²) in [6.45, 7) is 2.86. The summed E-state index contributed by atoms with van der Waals surface area (Å²) in [4.78, 5) is 21.2. The molecule has 0 radical (unpaired) electrons. The molecule has 0 atom stereocenters. The van der Waals surface area contributed by atoms with E-state index < -0.39 is 0 Å². The van der Waals surface area contributed by atoms with Crippen molar-refractivity contribution in [3.05, 3.63) is 47.0 Å². The van der Waals surface area contributed by atoms with E-state index in [1.165, 1.54) is 5.56 Å². The first-order chi connectivity index (χ1) is 14.5. The Bertz CT molecular complexity index is 964. The summed E-state index contributed by atoms with van der Waals surface area (Å²) in [6, 6.07) is 4.25. The molecule has 158 valence electrons. The van der Waals surface area contributed by atoms with Gasteiger partial charge in [-0.15, -0.1) is 35.3 Å². The van der Waals surface area contributed by atoms with Crippen LogP contribution in [0.15, 0.2) is 29.4 Å². The highest BCUT2D eigenvalue weighted by Crippen LogP contribution is 2.53. The van der Waals surface area contributed by atoms with Crippen LogP contribution in [-0.2, 0) is 20.0 Å². The van der Waals surface area contributed by atoms with Gasteiger partial charge in [0.1, 0.15) is 11.4 Å². The minimum Gasteiger partial charge on any atom is -0.493 e. The lowest BCUT2D eigenvalue weighted by molar-refractivity contribution is -0.142. The third-order valence-electron chi connectivity index (χ3n) is 4.72. The largest absolute Gasteiger partial charge is 0.493 e. The van der Waals surface area contributed by atoms with E-state index in [1.54, 1.807) is 31.1 Å². The molecule has 0 spiro atoms. The van der Waals surface area contributed by atoms with Gasteiger partial charge in [-0.3, -0.25) is 9.78 Å². The Morgan fingerprint density at radius 3 is 2.63 bits per heavy atom. The molecule has 0 unspecified atom stereocenters. The van der Waals surface area contributed by atoms with E-state index >= 15 is 0 Å². The molecule has 8 heteroatoms. The van der Waals surface area contributed by atoms with Crippen molar-refractivity contribution in [2.24, 2.45) is 0 Å². The van der Waals surface area contributed by atoms with E-state index in [9.17, 15) is 4.79 Å². The highest BCUT2D eigenvalue weighted by atomic mass is 32.2. The molecule has 1 aromatic carbocycles. The fourth-order valence-electron chi connectivity index (χ4n) is 3.18. The van der Waals surface area contributed by atoms with Crippen LogP contribution in [0, 0.1) is 11.8 Å². The quantitative estimate of drug-likeness (QED) is 0.273. The predicted octanol–water partition coefficient (Wildman–Crippen LogP) is 4.37. The number of ether oxygens (including phenoxy) is 2. The Labute approximate surface area is 190 Å². The molecule has 5 nitrogen and oxygen atoms in total. The van der Waals surface area contributed by atoms with Gasteiger partial charge in [0.05, 0.1) is 41.8 Å². The summed E-state index contributed by atoms with van der Waals surface area (Å²) in [5.74, 6) is 7.00. The Morgan fingerprint density at radius 1 is 1.20 bits per heavy atom. The summed E-state index contributed by atoms with van der Waals surface area (Å²) in [7, 11) is 0. The molecule has 1 aliphatic rings. The van der Waals surface area contributed by atoms with Crippen LogP contribution in [0.4, 0.5) is 0 Å². The average molecular weight is 461 g/mol. The Balaban J connectivity index is 1.89. The molecule has 0 amide bonds. The van der Waals surface area contributed by atoms with Crippen molar-refractivity contribution >= 4 is 41.3 Å². The number of nitrogens with zero attached hydrogens (tertiary/aromatic N) is 2. The molecule has 0 saturated carbocycles. The zero-order valence-electron chi connectivity index (χ0n) is 17.5. The van der Waals surface area contributed by atoms with E-state index in [2.05, 4.69) is 46.5 Å². The summed E-state index contributed by atoms with van der Waals surface area (Å²) in [6.07, 6.45) is 10.6. The van der Waals surface area contributed by atoms with Crippen LogP contribution in [-0.4, -0.2) is 47.9 Å². The molecule has 1 aliphatic heterocycles. The molecule has 30 heavy (non-hydrogen) atoms. The Kier molecular flexibility index (Phi) is 7.98. The smallest absolute Gasteiger partial charge is 0.311 e. The topological polar surface area (TPSA) is 61.3 Å². The van der Waals surface area contributed by atoms with E-state index in [-0.39, 0.29) is 16.5 Å². The molecule has 0 bridgehead atoms. The van der Waals surface area contributed by atoms with Crippen LogP contribution >= 0.6 is 35.3 Å². The Morgan fingerprint density at radius 2 is 2.00 bits per heavy atom. The van der Waals surface area contributed by atoms with Gasteiger partial charge in [-0.1, -0.05) is 5.92 Å². The minimum absolute atomic E-state index is 0.0184. The number of hydrogen-bond donors (Lipinski definition) is 0. The number of benzene rings is 1. The van der Waals surface area contributed by atoms with Crippen LogP contribution in [0.25, 0.3) is 0 Å². The third-order valence-corrected chi connectivity index (χ3v) is 8.67. The normalized spacial score (nSPS) is 14.1. The molecular formula is C22H24N2O3S3. The average Bonchev–Trinajstić information content (AvgIpc) is 2.77. The summed E-state index contributed by atoms with van der Waals surface area (Å²) >= 11 is 5.35. The first-order valence-electron chi connectivity index (χ1n) is 9.49. The van der Waals surface area contributed by atoms with Crippen LogP contribution in [0.3, 0.4) is 0 Å². The molecule has 0 fully saturated rings. The van der Waals surface area contributed by atoms with Crippen molar-refractivity contribution in [3.8, 4) is 17.6 Å². The van der Waals surface area contributed by atoms with Gasteiger partial charge in [0.15, 0.2) is 0 Å². The predicted molar refractivity (Wildman–Crippen MR) is 125 cm³/mol. The van der Waals surface area contributed by atoms with Gasteiger partial charge in [0, 0.05) is 22.4 Å². The van der Waals surface area contributed by atoms with Crippen molar-refractivity contribution < 1.29 is 14.3 Å². The van der Waals surface area contributed by atoms with Crippen molar-refractivity contribution in [2.45, 2.75) is 28.7 Å². The fraction of sp³-hybridized carbons (Fsp3) is 0.409.